The molecule has 0 aliphatic carbocycles. The van der Waals surface area contributed by atoms with E-state index in [0.717, 1.165) is 0 Å². The number of carbonyl (C=O) groups is 3. The van der Waals surface area contributed by atoms with E-state index in [1.807, 2.05) is 0 Å². The fourth-order valence-electron chi connectivity index (χ4n) is 0.749. The first kappa shape index (κ1) is 13.4. The molecule has 1 atom stereocenters. The van der Waals surface area contributed by atoms with E-state index in [4.69, 9.17) is 10.2 Å². The summed E-state index contributed by atoms with van der Waals surface area (Å²) in [6.07, 6.45) is -0.628. The normalized spacial score (nSPS) is 13.0. The lowest BCUT2D eigenvalue weighted by atomic mass is 9.95. The summed E-state index contributed by atoms with van der Waals surface area (Å²) in [5, 5.41) is 19.3. The van der Waals surface area contributed by atoms with E-state index in [-0.39, 0.29) is 0 Å². The van der Waals surface area contributed by atoms with Crippen molar-refractivity contribution in [2.24, 2.45) is 5.41 Å². The Labute approximate surface area is 87.3 Å². The summed E-state index contributed by atoms with van der Waals surface area (Å²) in [5.74, 6) is -3.11. The van der Waals surface area contributed by atoms with Gasteiger partial charge in [0.15, 0.2) is 0 Å². The van der Waals surface area contributed by atoms with E-state index in [0.29, 0.717) is 0 Å². The van der Waals surface area contributed by atoms with Gasteiger partial charge >= 0.3 is 11.9 Å². The highest BCUT2D eigenvalue weighted by molar-refractivity contribution is 5.88. The number of carboxylic acid groups (broad SMARTS) is 2. The van der Waals surface area contributed by atoms with Crippen LogP contribution in [0.25, 0.3) is 0 Å². The van der Waals surface area contributed by atoms with E-state index in [2.05, 4.69) is 5.32 Å². The molecular weight excluding hydrogens is 202 g/mol. The van der Waals surface area contributed by atoms with E-state index < -0.39 is 35.7 Å². The monoisotopic (exact) mass is 217 g/mol. The van der Waals surface area contributed by atoms with Crippen LogP contribution in [0.15, 0.2) is 0 Å². The molecule has 15 heavy (non-hydrogen) atoms. The van der Waals surface area contributed by atoms with Crippen LogP contribution in [0.2, 0.25) is 0 Å². The average molecular weight is 217 g/mol. The van der Waals surface area contributed by atoms with Gasteiger partial charge in [0.1, 0.15) is 6.04 Å². The Kier molecular flexibility index (Phi) is 4.26. The molecule has 86 valence electrons. The van der Waals surface area contributed by atoms with Gasteiger partial charge in [-0.05, 0) is 0 Å². The molecule has 0 aromatic carbocycles. The molecule has 1 unspecified atom stereocenters. The van der Waals surface area contributed by atoms with Gasteiger partial charge in [0.25, 0.3) is 0 Å². The first-order valence-corrected chi connectivity index (χ1v) is 4.40. The number of amides is 1. The zero-order valence-electron chi connectivity index (χ0n) is 8.90. The zero-order chi connectivity index (χ0) is 12.2. The number of hydrogen-bond acceptors (Lipinski definition) is 3. The van der Waals surface area contributed by atoms with Crippen LogP contribution in [-0.2, 0) is 14.4 Å². The van der Waals surface area contributed by atoms with Crippen LogP contribution < -0.4 is 5.32 Å². The van der Waals surface area contributed by atoms with Crippen LogP contribution in [-0.4, -0.2) is 34.1 Å². The Balaban J connectivity index is 4.50. The zero-order valence-corrected chi connectivity index (χ0v) is 8.90. The number of hydrogen-bond donors (Lipinski definition) is 3. The standard InChI is InChI=1S/C9H15NO5/c1-9(2,3)8(15)10-5(7(13)14)4-6(11)12/h5H,4H2,1-3H3,(H,10,15)(H,11,12)(H,13,14). The van der Waals surface area contributed by atoms with Crippen LogP contribution in [0.3, 0.4) is 0 Å². The van der Waals surface area contributed by atoms with Gasteiger partial charge in [-0.15, -0.1) is 0 Å². The predicted molar refractivity (Wildman–Crippen MR) is 51.3 cm³/mol. The SMILES string of the molecule is CC(C)(C)C(=O)NC(CC(=O)O)C(=O)O. The van der Waals surface area contributed by atoms with Crippen LogP contribution in [0.5, 0.6) is 0 Å². The van der Waals surface area contributed by atoms with Gasteiger partial charge in [0.2, 0.25) is 5.91 Å². The number of aliphatic carboxylic acids is 2. The van der Waals surface area contributed by atoms with Crippen LogP contribution in [0, 0.1) is 5.41 Å². The van der Waals surface area contributed by atoms with Gasteiger partial charge in [0, 0.05) is 5.41 Å². The summed E-state index contributed by atoms with van der Waals surface area (Å²) in [7, 11) is 0. The molecule has 6 nitrogen and oxygen atoms in total. The van der Waals surface area contributed by atoms with Gasteiger partial charge in [-0.1, -0.05) is 20.8 Å². The molecule has 0 aromatic heterocycles. The summed E-state index contributed by atoms with van der Waals surface area (Å²) in [6.45, 7) is 4.84. The third-order valence-electron chi connectivity index (χ3n) is 1.66. The van der Waals surface area contributed by atoms with Crippen molar-refractivity contribution in [2.45, 2.75) is 33.2 Å². The quantitative estimate of drug-likeness (QED) is 0.618. The van der Waals surface area contributed by atoms with Crippen molar-refractivity contribution in [3.63, 3.8) is 0 Å². The van der Waals surface area contributed by atoms with E-state index in [9.17, 15) is 14.4 Å². The topological polar surface area (TPSA) is 104 Å². The predicted octanol–water partition coefficient (Wildman–Crippen LogP) is 0.0766. The highest BCUT2D eigenvalue weighted by Crippen LogP contribution is 2.13. The van der Waals surface area contributed by atoms with Crippen molar-refractivity contribution in [3.8, 4) is 0 Å². The van der Waals surface area contributed by atoms with Gasteiger partial charge < -0.3 is 15.5 Å². The van der Waals surface area contributed by atoms with E-state index in [1.54, 1.807) is 20.8 Å². The molecular formula is C9H15NO5. The van der Waals surface area contributed by atoms with Crippen LogP contribution in [0.4, 0.5) is 0 Å². The van der Waals surface area contributed by atoms with Gasteiger partial charge in [-0.3, -0.25) is 9.59 Å². The molecule has 0 aromatic rings. The third-order valence-corrected chi connectivity index (χ3v) is 1.66. The molecule has 1 amide bonds. The molecule has 0 saturated carbocycles. The summed E-state index contributed by atoms with van der Waals surface area (Å²) < 4.78 is 0. The second-order valence-electron chi connectivity index (χ2n) is 4.21. The Morgan fingerprint density at radius 1 is 1.20 bits per heavy atom. The minimum Gasteiger partial charge on any atom is -0.481 e. The van der Waals surface area contributed by atoms with Gasteiger partial charge in [0.05, 0.1) is 6.42 Å². The smallest absolute Gasteiger partial charge is 0.326 e. The van der Waals surface area contributed by atoms with Crippen molar-refractivity contribution >= 4 is 17.8 Å². The summed E-state index contributed by atoms with van der Waals surface area (Å²) >= 11 is 0. The maximum Gasteiger partial charge on any atom is 0.326 e. The lowest BCUT2D eigenvalue weighted by Crippen LogP contribution is -2.46. The molecule has 0 saturated heterocycles. The lowest BCUT2D eigenvalue weighted by Gasteiger charge is -2.20. The molecule has 0 aliphatic heterocycles. The van der Waals surface area contributed by atoms with Crippen molar-refractivity contribution in [1.82, 2.24) is 5.32 Å². The van der Waals surface area contributed by atoms with Crippen molar-refractivity contribution in [2.75, 3.05) is 0 Å². The average Bonchev–Trinajstić information content (AvgIpc) is 1.99. The van der Waals surface area contributed by atoms with Gasteiger partial charge in [-0.2, -0.15) is 0 Å². The summed E-state index contributed by atoms with van der Waals surface area (Å²) in [5.41, 5.74) is -0.744. The van der Waals surface area contributed by atoms with E-state index in [1.165, 1.54) is 0 Å². The first-order valence-electron chi connectivity index (χ1n) is 4.40. The largest absolute Gasteiger partial charge is 0.481 e. The summed E-state index contributed by atoms with van der Waals surface area (Å²) in [6, 6.07) is -1.38. The second kappa shape index (κ2) is 4.77. The number of carbonyl (C=O) groups excluding carboxylic acids is 1. The van der Waals surface area contributed by atoms with Crippen molar-refractivity contribution in [3.05, 3.63) is 0 Å². The molecule has 0 fully saturated rings. The first-order chi connectivity index (χ1) is 6.64. The summed E-state index contributed by atoms with van der Waals surface area (Å²) in [4.78, 5) is 32.3. The minimum atomic E-state index is -1.38. The van der Waals surface area contributed by atoms with Crippen LogP contribution >= 0.6 is 0 Å². The Morgan fingerprint density at radius 2 is 1.67 bits per heavy atom. The second-order valence-corrected chi connectivity index (χ2v) is 4.21. The van der Waals surface area contributed by atoms with Crippen molar-refractivity contribution in [1.29, 1.82) is 0 Å². The molecule has 0 rings (SSSR count). The molecule has 0 heterocycles. The molecule has 0 radical (unpaired) electrons. The Hall–Kier alpha value is -1.59. The molecule has 0 bridgehead atoms. The molecule has 6 heteroatoms. The minimum absolute atomic E-state index is 0.490. The maximum atomic E-state index is 11.4. The Morgan fingerprint density at radius 3 is 1.93 bits per heavy atom. The highest BCUT2D eigenvalue weighted by Gasteiger charge is 2.28. The van der Waals surface area contributed by atoms with Gasteiger partial charge in [-0.25, -0.2) is 4.79 Å². The molecule has 0 aliphatic rings. The number of carboxylic acids is 2. The number of rotatable bonds is 4. The number of nitrogens with one attached hydrogen (secondary N) is 1. The fourth-order valence-corrected chi connectivity index (χ4v) is 0.749. The molecule has 3 N–H and O–H groups in total. The van der Waals surface area contributed by atoms with Crippen LogP contribution in [0.1, 0.15) is 27.2 Å². The van der Waals surface area contributed by atoms with E-state index >= 15 is 0 Å². The Bertz CT molecular complexity index is 279. The van der Waals surface area contributed by atoms with Crippen molar-refractivity contribution < 1.29 is 24.6 Å². The third kappa shape index (κ3) is 4.99. The highest BCUT2D eigenvalue weighted by atomic mass is 16.4. The molecule has 0 spiro atoms. The fraction of sp³-hybridized carbons (Fsp3) is 0.667. The lowest BCUT2D eigenvalue weighted by molar-refractivity contribution is -0.148. The maximum absolute atomic E-state index is 11.4.